The first-order valence-corrected chi connectivity index (χ1v) is 6.42. The van der Waals surface area contributed by atoms with E-state index in [1.807, 2.05) is 13.8 Å². The monoisotopic (exact) mass is 253 g/mol. The summed E-state index contributed by atoms with van der Waals surface area (Å²) in [6, 6.07) is 4.10. The third-order valence-corrected chi connectivity index (χ3v) is 3.47. The van der Waals surface area contributed by atoms with E-state index in [9.17, 15) is 9.50 Å². The molecule has 1 aliphatic heterocycles. The van der Waals surface area contributed by atoms with E-state index in [0.717, 1.165) is 26.1 Å². The lowest BCUT2D eigenvalue weighted by Crippen LogP contribution is -2.32. The van der Waals surface area contributed by atoms with E-state index in [1.165, 1.54) is 18.2 Å². The lowest BCUT2D eigenvalue weighted by molar-refractivity contribution is 0.0617. The molecule has 1 N–H and O–H groups in total. The van der Waals surface area contributed by atoms with Gasteiger partial charge in [0.25, 0.3) is 0 Å². The highest BCUT2D eigenvalue weighted by Crippen LogP contribution is 2.30. The smallest absolute Gasteiger partial charge is 0.123 e. The van der Waals surface area contributed by atoms with E-state index < -0.39 is 0 Å². The van der Waals surface area contributed by atoms with Crippen LogP contribution in [0.4, 0.5) is 4.39 Å². The fourth-order valence-electron chi connectivity index (χ4n) is 2.43. The van der Waals surface area contributed by atoms with Crippen molar-refractivity contribution in [1.82, 2.24) is 4.90 Å². The average Bonchev–Trinajstić information content (AvgIpc) is 2.56. The van der Waals surface area contributed by atoms with E-state index in [2.05, 4.69) is 4.90 Å². The van der Waals surface area contributed by atoms with Gasteiger partial charge >= 0.3 is 0 Å². The molecule has 0 aliphatic carbocycles. The van der Waals surface area contributed by atoms with Crippen LogP contribution < -0.4 is 0 Å². The molecule has 0 radical (unpaired) electrons. The zero-order valence-electron chi connectivity index (χ0n) is 10.9. The Morgan fingerprint density at radius 2 is 2.28 bits per heavy atom. The van der Waals surface area contributed by atoms with Crippen LogP contribution in [0.3, 0.4) is 0 Å². The molecule has 2 unspecified atom stereocenters. The van der Waals surface area contributed by atoms with Crippen molar-refractivity contribution >= 4 is 0 Å². The van der Waals surface area contributed by atoms with Crippen LogP contribution in [0.5, 0.6) is 5.75 Å². The molecule has 1 heterocycles. The van der Waals surface area contributed by atoms with Gasteiger partial charge in [-0.3, -0.25) is 4.90 Å². The van der Waals surface area contributed by atoms with Crippen LogP contribution >= 0.6 is 0 Å². The number of phenolic OH excluding ortho intramolecular Hbond substituents is 1. The van der Waals surface area contributed by atoms with E-state index in [-0.39, 0.29) is 23.7 Å². The molecule has 0 aromatic heterocycles. The molecule has 1 aromatic rings. The molecule has 1 saturated heterocycles. The molecule has 1 aromatic carbocycles. The SMILES string of the molecule is CC1CN(C(C)c2cc(F)ccc2O)CCCO1. The lowest BCUT2D eigenvalue weighted by Gasteiger charge is -2.29. The third-order valence-electron chi connectivity index (χ3n) is 3.47. The minimum atomic E-state index is -0.311. The van der Waals surface area contributed by atoms with Crippen LogP contribution in [0.15, 0.2) is 18.2 Å². The molecule has 1 fully saturated rings. The maximum absolute atomic E-state index is 13.3. The number of hydrogen-bond donors (Lipinski definition) is 1. The molecule has 0 spiro atoms. The zero-order chi connectivity index (χ0) is 13.1. The maximum atomic E-state index is 13.3. The number of phenols is 1. The summed E-state index contributed by atoms with van der Waals surface area (Å²) in [5, 5.41) is 9.85. The standard InChI is InChI=1S/C14H20FNO2/c1-10-9-16(6-3-7-18-10)11(2)13-8-12(15)4-5-14(13)17/h4-5,8,10-11,17H,3,6-7,9H2,1-2H3. The molecule has 0 amide bonds. The quantitative estimate of drug-likeness (QED) is 0.879. The summed E-state index contributed by atoms with van der Waals surface area (Å²) in [6.07, 6.45) is 1.13. The van der Waals surface area contributed by atoms with Crippen molar-refractivity contribution in [3.63, 3.8) is 0 Å². The summed E-state index contributed by atoms with van der Waals surface area (Å²) in [7, 11) is 0. The van der Waals surface area contributed by atoms with Crippen LogP contribution in [0.1, 0.15) is 31.9 Å². The molecule has 1 aliphatic rings. The van der Waals surface area contributed by atoms with Crippen molar-refractivity contribution in [2.75, 3.05) is 19.7 Å². The number of hydrogen-bond acceptors (Lipinski definition) is 3. The number of halogens is 1. The first kappa shape index (κ1) is 13.3. The highest BCUT2D eigenvalue weighted by molar-refractivity contribution is 5.35. The molecule has 0 bridgehead atoms. The highest BCUT2D eigenvalue weighted by Gasteiger charge is 2.23. The molecule has 3 nitrogen and oxygen atoms in total. The fourth-order valence-corrected chi connectivity index (χ4v) is 2.43. The average molecular weight is 253 g/mol. The Morgan fingerprint density at radius 1 is 1.50 bits per heavy atom. The summed E-state index contributed by atoms with van der Waals surface area (Å²) < 4.78 is 18.9. The van der Waals surface area contributed by atoms with Crippen LogP contribution in [-0.4, -0.2) is 35.8 Å². The first-order valence-electron chi connectivity index (χ1n) is 6.42. The van der Waals surface area contributed by atoms with Gasteiger partial charge in [-0.15, -0.1) is 0 Å². The van der Waals surface area contributed by atoms with Gasteiger partial charge in [0.05, 0.1) is 6.10 Å². The number of ether oxygens (including phenoxy) is 1. The second-order valence-electron chi connectivity index (χ2n) is 4.91. The van der Waals surface area contributed by atoms with Crippen LogP contribution in [0, 0.1) is 5.82 Å². The lowest BCUT2D eigenvalue weighted by atomic mass is 10.0. The summed E-state index contributed by atoms with van der Waals surface area (Å²) in [5.41, 5.74) is 0.643. The number of aromatic hydroxyl groups is 1. The van der Waals surface area contributed by atoms with Gasteiger partial charge in [-0.2, -0.15) is 0 Å². The Labute approximate surface area is 107 Å². The van der Waals surface area contributed by atoms with Gasteiger partial charge in [0, 0.05) is 31.3 Å². The molecular weight excluding hydrogens is 233 g/mol. The topological polar surface area (TPSA) is 32.7 Å². The zero-order valence-corrected chi connectivity index (χ0v) is 10.9. The Balaban J connectivity index is 2.18. The molecule has 100 valence electrons. The van der Waals surface area contributed by atoms with Gasteiger partial charge in [-0.05, 0) is 38.5 Å². The Morgan fingerprint density at radius 3 is 3.06 bits per heavy atom. The second kappa shape index (κ2) is 5.67. The van der Waals surface area contributed by atoms with Gasteiger partial charge < -0.3 is 9.84 Å². The van der Waals surface area contributed by atoms with Gasteiger partial charge in [0.2, 0.25) is 0 Å². The molecule has 2 atom stereocenters. The van der Waals surface area contributed by atoms with Crippen molar-refractivity contribution in [1.29, 1.82) is 0 Å². The van der Waals surface area contributed by atoms with E-state index in [4.69, 9.17) is 4.74 Å². The molecule has 2 rings (SSSR count). The second-order valence-corrected chi connectivity index (χ2v) is 4.91. The Kier molecular flexibility index (Phi) is 4.19. The third kappa shape index (κ3) is 3.00. The maximum Gasteiger partial charge on any atom is 0.123 e. The summed E-state index contributed by atoms with van der Waals surface area (Å²) >= 11 is 0. The minimum absolute atomic E-state index is 0.00940. The number of benzene rings is 1. The minimum Gasteiger partial charge on any atom is -0.508 e. The predicted molar refractivity (Wildman–Crippen MR) is 68.1 cm³/mol. The highest BCUT2D eigenvalue weighted by atomic mass is 19.1. The first-order chi connectivity index (χ1) is 8.58. The van der Waals surface area contributed by atoms with E-state index in [0.29, 0.717) is 5.56 Å². The van der Waals surface area contributed by atoms with Gasteiger partial charge in [-0.25, -0.2) is 4.39 Å². The van der Waals surface area contributed by atoms with E-state index in [1.54, 1.807) is 0 Å². The van der Waals surface area contributed by atoms with Crippen molar-refractivity contribution in [2.45, 2.75) is 32.4 Å². The van der Waals surface area contributed by atoms with Crippen LogP contribution in [0.2, 0.25) is 0 Å². The molecular formula is C14H20FNO2. The largest absolute Gasteiger partial charge is 0.508 e. The number of rotatable bonds is 2. The summed E-state index contributed by atoms with van der Waals surface area (Å²) in [5.74, 6) is -0.157. The van der Waals surface area contributed by atoms with Gasteiger partial charge in [0.1, 0.15) is 11.6 Å². The van der Waals surface area contributed by atoms with Crippen LogP contribution in [0.25, 0.3) is 0 Å². The van der Waals surface area contributed by atoms with Crippen molar-refractivity contribution in [3.8, 4) is 5.75 Å². The van der Waals surface area contributed by atoms with Crippen molar-refractivity contribution < 1.29 is 14.2 Å². The van der Waals surface area contributed by atoms with Crippen LogP contribution in [-0.2, 0) is 4.74 Å². The predicted octanol–water partition coefficient (Wildman–Crippen LogP) is 2.70. The van der Waals surface area contributed by atoms with Crippen molar-refractivity contribution in [3.05, 3.63) is 29.6 Å². The van der Waals surface area contributed by atoms with Crippen molar-refractivity contribution in [2.24, 2.45) is 0 Å². The molecule has 18 heavy (non-hydrogen) atoms. The van der Waals surface area contributed by atoms with E-state index >= 15 is 0 Å². The van der Waals surface area contributed by atoms with Gasteiger partial charge in [-0.1, -0.05) is 0 Å². The number of nitrogens with zero attached hydrogens (tertiary/aromatic N) is 1. The molecule has 0 saturated carbocycles. The van der Waals surface area contributed by atoms with Gasteiger partial charge in [0.15, 0.2) is 0 Å². The summed E-state index contributed by atoms with van der Waals surface area (Å²) in [6.45, 7) is 6.50. The Bertz CT molecular complexity index is 411. The Hall–Kier alpha value is -1.13. The summed E-state index contributed by atoms with van der Waals surface area (Å²) in [4.78, 5) is 2.23. The normalized spacial score (nSPS) is 23.6. The fraction of sp³-hybridized carbons (Fsp3) is 0.571. The molecule has 4 heteroatoms.